The zero-order valence-electron chi connectivity index (χ0n) is 11.6. The Morgan fingerprint density at radius 1 is 1.36 bits per heavy atom. The summed E-state index contributed by atoms with van der Waals surface area (Å²) in [7, 11) is 0. The number of carbonyl (C=O) groups excluding carboxylic acids is 1. The maximum atomic E-state index is 13.3. The highest BCUT2D eigenvalue weighted by molar-refractivity contribution is 7.23. The van der Waals surface area contributed by atoms with Crippen LogP contribution in [0.4, 0.5) is 9.52 Å². The molecule has 1 saturated heterocycles. The van der Waals surface area contributed by atoms with Crippen molar-refractivity contribution in [1.29, 1.82) is 0 Å². The zero-order chi connectivity index (χ0) is 15.1. The van der Waals surface area contributed by atoms with Crippen molar-refractivity contribution >= 4 is 43.4 Å². The largest absolute Gasteiger partial charge is 0.381 e. The fourth-order valence-electron chi connectivity index (χ4n) is 2.69. The Bertz CT molecular complexity index is 871. The number of thiazole rings is 1. The van der Waals surface area contributed by atoms with Crippen LogP contribution < -0.4 is 5.32 Å². The molecule has 0 saturated carbocycles. The molecular formula is C16H13FN2O2S. The summed E-state index contributed by atoms with van der Waals surface area (Å²) in [5, 5.41) is 5.21. The number of amides is 1. The van der Waals surface area contributed by atoms with E-state index in [4.69, 9.17) is 4.74 Å². The van der Waals surface area contributed by atoms with Crippen LogP contribution in [0.25, 0.3) is 21.0 Å². The minimum absolute atomic E-state index is 0.0492. The SMILES string of the molecule is O=C(Nc1nc2ccc3cc(F)ccc3c2s1)C1CCOC1. The second-order valence-corrected chi connectivity index (χ2v) is 6.35. The van der Waals surface area contributed by atoms with Gasteiger partial charge in [0, 0.05) is 12.0 Å². The molecule has 4 rings (SSSR count). The van der Waals surface area contributed by atoms with Crippen LogP contribution in [0.1, 0.15) is 6.42 Å². The van der Waals surface area contributed by atoms with Gasteiger partial charge in [0.2, 0.25) is 5.91 Å². The van der Waals surface area contributed by atoms with E-state index in [2.05, 4.69) is 10.3 Å². The van der Waals surface area contributed by atoms with Gasteiger partial charge in [0.05, 0.1) is 22.7 Å². The van der Waals surface area contributed by atoms with E-state index in [-0.39, 0.29) is 17.6 Å². The molecule has 3 aromatic rings. The third kappa shape index (κ3) is 2.34. The topological polar surface area (TPSA) is 51.2 Å². The highest BCUT2D eigenvalue weighted by Crippen LogP contribution is 2.33. The lowest BCUT2D eigenvalue weighted by Gasteiger charge is -2.05. The van der Waals surface area contributed by atoms with E-state index in [9.17, 15) is 9.18 Å². The Morgan fingerprint density at radius 3 is 3.09 bits per heavy atom. The van der Waals surface area contributed by atoms with Crippen LogP contribution in [0, 0.1) is 11.7 Å². The van der Waals surface area contributed by atoms with Crippen LogP contribution in [-0.4, -0.2) is 24.1 Å². The first-order chi connectivity index (χ1) is 10.7. The molecule has 6 heteroatoms. The molecule has 1 unspecified atom stereocenters. The number of rotatable bonds is 2. The van der Waals surface area contributed by atoms with Crippen molar-refractivity contribution in [2.45, 2.75) is 6.42 Å². The molecule has 0 bridgehead atoms. The monoisotopic (exact) mass is 316 g/mol. The number of fused-ring (bicyclic) bond motifs is 3. The molecule has 0 aliphatic carbocycles. The lowest BCUT2D eigenvalue weighted by Crippen LogP contribution is -2.22. The summed E-state index contributed by atoms with van der Waals surface area (Å²) in [6, 6.07) is 8.39. The van der Waals surface area contributed by atoms with E-state index in [1.54, 1.807) is 6.07 Å². The van der Waals surface area contributed by atoms with Gasteiger partial charge in [-0.25, -0.2) is 9.37 Å². The number of hydrogen-bond donors (Lipinski definition) is 1. The van der Waals surface area contributed by atoms with Gasteiger partial charge in [-0.05, 0) is 36.1 Å². The number of nitrogens with zero attached hydrogens (tertiary/aromatic N) is 1. The van der Waals surface area contributed by atoms with Crippen LogP contribution in [0.5, 0.6) is 0 Å². The smallest absolute Gasteiger partial charge is 0.231 e. The summed E-state index contributed by atoms with van der Waals surface area (Å²) < 4.78 is 19.5. The first-order valence-corrected chi connectivity index (χ1v) is 7.90. The third-order valence-corrected chi connectivity index (χ3v) is 4.88. The van der Waals surface area contributed by atoms with Crippen LogP contribution in [0.2, 0.25) is 0 Å². The molecule has 1 aliphatic heterocycles. The third-order valence-electron chi connectivity index (χ3n) is 3.86. The molecular weight excluding hydrogens is 303 g/mol. The minimum Gasteiger partial charge on any atom is -0.381 e. The van der Waals surface area contributed by atoms with Crippen molar-refractivity contribution in [3.05, 3.63) is 36.1 Å². The van der Waals surface area contributed by atoms with Gasteiger partial charge in [0.15, 0.2) is 5.13 Å². The van der Waals surface area contributed by atoms with Gasteiger partial charge in [-0.3, -0.25) is 4.79 Å². The van der Waals surface area contributed by atoms with Gasteiger partial charge in [0.25, 0.3) is 0 Å². The molecule has 4 nitrogen and oxygen atoms in total. The molecule has 0 spiro atoms. The lowest BCUT2D eigenvalue weighted by atomic mass is 10.1. The summed E-state index contributed by atoms with van der Waals surface area (Å²) in [6.45, 7) is 1.10. The van der Waals surface area contributed by atoms with Crippen LogP contribution in [-0.2, 0) is 9.53 Å². The average molecular weight is 316 g/mol. The van der Waals surface area contributed by atoms with Gasteiger partial charge in [-0.2, -0.15) is 0 Å². The number of aromatic nitrogens is 1. The van der Waals surface area contributed by atoms with E-state index in [0.717, 1.165) is 27.4 Å². The minimum atomic E-state index is -0.258. The number of nitrogens with one attached hydrogen (secondary N) is 1. The normalized spacial score (nSPS) is 18.1. The Balaban J connectivity index is 1.70. The number of ether oxygens (including phenoxy) is 1. The molecule has 22 heavy (non-hydrogen) atoms. The maximum absolute atomic E-state index is 13.3. The standard InChI is InChI=1S/C16H13FN2O2S/c17-11-2-3-12-9(7-11)1-4-13-14(12)22-16(18-13)19-15(20)10-5-6-21-8-10/h1-4,7,10H,5-6,8H2,(H,18,19,20). The number of benzene rings is 2. The van der Waals surface area contributed by atoms with Gasteiger partial charge in [-0.15, -0.1) is 0 Å². The summed E-state index contributed by atoms with van der Waals surface area (Å²) in [5.74, 6) is -0.407. The van der Waals surface area contributed by atoms with Gasteiger partial charge < -0.3 is 10.1 Å². The van der Waals surface area contributed by atoms with Crippen molar-refractivity contribution in [3.8, 4) is 0 Å². The first kappa shape index (κ1) is 13.6. The Labute approximate surface area is 129 Å². The molecule has 2 heterocycles. The molecule has 1 aromatic heterocycles. The Morgan fingerprint density at radius 2 is 2.27 bits per heavy atom. The van der Waals surface area contributed by atoms with Crippen LogP contribution >= 0.6 is 11.3 Å². The van der Waals surface area contributed by atoms with Gasteiger partial charge in [0.1, 0.15) is 5.82 Å². The highest BCUT2D eigenvalue weighted by Gasteiger charge is 2.24. The highest BCUT2D eigenvalue weighted by atomic mass is 32.1. The Hall–Kier alpha value is -2.05. The van der Waals surface area contributed by atoms with E-state index < -0.39 is 0 Å². The fraction of sp³-hybridized carbons (Fsp3) is 0.250. The van der Waals surface area contributed by atoms with E-state index in [0.29, 0.717) is 18.3 Å². The van der Waals surface area contributed by atoms with Gasteiger partial charge >= 0.3 is 0 Å². The predicted molar refractivity (Wildman–Crippen MR) is 84.6 cm³/mol. The first-order valence-electron chi connectivity index (χ1n) is 7.08. The molecule has 1 N–H and O–H groups in total. The molecule has 1 fully saturated rings. The molecule has 0 radical (unpaired) electrons. The fourth-order valence-corrected chi connectivity index (χ4v) is 3.69. The summed E-state index contributed by atoms with van der Waals surface area (Å²) in [4.78, 5) is 16.6. The van der Waals surface area contributed by atoms with E-state index >= 15 is 0 Å². The lowest BCUT2D eigenvalue weighted by molar-refractivity contribution is -0.119. The number of carbonyl (C=O) groups is 1. The number of hydrogen-bond acceptors (Lipinski definition) is 4. The van der Waals surface area contributed by atoms with Gasteiger partial charge in [-0.1, -0.05) is 17.4 Å². The molecule has 2 aromatic carbocycles. The van der Waals surface area contributed by atoms with Crippen LogP contribution in [0.3, 0.4) is 0 Å². The Kier molecular flexibility index (Phi) is 3.28. The molecule has 1 aliphatic rings. The molecule has 1 atom stereocenters. The van der Waals surface area contributed by atoms with Crippen LogP contribution in [0.15, 0.2) is 30.3 Å². The summed E-state index contributed by atoms with van der Waals surface area (Å²) >= 11 is 1.41. The van der Waals surface area contributed by atoms with Crippen molar-refractivity contribution in [1.82, 2.24) is 4.98 Å². The van der Waals surface area contributed by atoms with Crippen molar-refractivity contribution in [2.75, 3.05) is 18.5 Å². The maximum Gasteiger partial charge on any atom is 0.231 e. The molecule has 1 amide bonds. The molecule has 112 valence electrons. The number of anilines is 1. The van der Waals surface area contributed by atoms with E-state index in [1.807, 2.05) is 12.1 Å². The number of halogens is 1. The zero-order valence-corrected chi connectivity index (χ0v) is 12.5. The summed E-state index contributed by atoms with van der Waals surface area (Å²) in [5.41, 5.74) is 0.807. The van der Waals surface area contributed by atoms with E-state index in [1.165, 1.54) is 23.5 Å². The van der Waals surface area contributed by atoms with Crippen molar-refractivity contribution < 1.29 is 13.9 Å². The predicted octanol–water partition coefficient (Wildman–Crippen LogP) is 3.56. The second-order valence-electron chi connectivity index (χ2n) is 5.35. The summed E-state index contributed by atoms with van der Waals surface area (Å²) in [6.07, 6.45) is 0.749. The average Bonchev–Trinajstić information content (AvgIpc) is 3.15. The second kappa shape index (κ2) is 5.30. The van der Waals surface area contributed by atoms with Crippen molar-refractivity contribution in [3.63, 3.8) is 0 Å². The quantitative estimate of drug-likeness (QED) is 0.786. The van der Waals surface area contributed by atoms with Crippen molar-refractivity contribution in [2.24, 2.45) is 5.92 Å².